The van der Waals surface area contributed by atoms with Gasteiger partial charge in [-0.05, 0) is 38.1 Å². The third kappa shape index (κ3) is 4.18. The number of aromatic nitrogens is 3. The van der Waals surface area contributed by atoms with E-state index in [1.807, 2.05) is 11.3 Å². The molecule has 2 aromatic heterocycles. The summed E-state index contributed by atoms with van der Waals surface area (Å²) >= 11 is 2.00. The van der Waals surface area contributed by atoms with Crippen molar-refractivity contribution in [3.63, 3.8) is 0 Å². The van der Waals surface area contributed by atoms with Crippen LogP contribution >= 0.6 is 11.3 Å². The van der Waals surface area contributed by atoms with E-state index >= 15 is 0 Å². The van der Waals surface area contributed by atoms with Gasteiger partial charge in [-0.2, -0.15) is 0 Å². The second-order valence-electron chi connectivity index (χ2n) is 8.01. The first-order valence-electron chi connectivity index (χ1n) is 10.1. The molecule has 0 atom stereocenters. The van der Waals surface area contributed by atoms with Crippen LogP contribution in [0, 0.1) is 0 Å². The Morgan fingerprint density at radius 1 is 0.885 bits per heavy atom. The maximum atomic E-state index is 4.43. The van der Waals surface area contributed by atoms with E-state index in [1.54, 1.807) is 0 Å². The van der Waals surface area contributed by atoms with Crippen LogP contribution in [0.2, 0.25) is 0 Å². The van der Waals surface area contributed by atoms with Crippen molar-refractivity contribution in [2.45, 2.75) is 65.1 Å². The molecular formula is C20H31N5S. The summed E-state index contributed by atoms with van der Waals surface area (Å²) in [6.07, 6.45) is 5.15. The average molecular weight is 374 g/mol. The SMILES string of the molecule is CC(C)c1nnc2n1CCN(Cc1ccc(CN3CCCCC3)s1)CC2. The van der Waals surface area contributed by atoms with Crippen molar-refractivity contribution in [3.05, 3.63) is 33.5 Å². The Bertz CT molecular complexity index is 714. The fourth-order valence-corrected chi connectivity index (χ4v) is 5.23. The maximum Gasteiger partial charge on any atom is 0.135 e. The van der Waals surface area contributed by atoms with Crippen LogP contribution in [0.15, 0.2) is 12.1 Å². The fourth-order valence-electron chi connectivity index (χ4n) is 4.12. The molecular weight excluding hydrogens is 342 g/mol. The van der Waals surface area contributed by atoms with E-state index < -0.39 is 0 Å². The van der Waals surface area contributed by atoms with E-state index in [0.717, 1.165) is 50.8 Å². The van der Waals surface area contributed by atoms with Gasteiger partial charge in [-0.1, -0.05) is 20.3 Å². The molecule has 5 nitrogen and oxygen atoms in total. The lowest BCUT2D eigenvalue weighted by atomic mass is 10.1. The molecule has 0 N–H and O–H groups in total. The van der Waals surface area contributed by atoms with Crippen molar-refractivity contribution in [2.75, 3.05) is 26.2 Å². The first kappa shape index (κ1) is 18.1. The Morgan fingerprint density at radius 2 is 1.58 bits per heavy atom. The quantitative estimate of drug-likeness (QED) is 0.804. The largest absolute Gasteiger partial charge is 0.313 e. The molecule has 0 amide bonds. The van der Waals surface area contributed by atoms with Crippen LogP contribution in [0.25, 0.3) is 0 Å². The summed E-state index contributed by atoms with van der Waals surface area (Å²) in [5.74, 6) is 2.74. The second-order valence-corrected chi connectivity index (χ2v) is 9.26. The van der Waals surface area contributed by atoms with E-state index in [2.05, 4.69) is 50.5 Å². The smallest absolute Gasteiger partial charge is 0.135 e. The number of fused-ring (bicyclic) bond motifs is 1. The van der Waals surface area contributed by atoms with Crippen molar-refractivity contribution in [1.29, 1.82) is 0 Å². The van der Waals surface area contributed by atoms with Crippen molar-refractivity contribution >= 4 is 11.3 Å². The zero-order chi connectivity index (χ0) is 17.9. The highest BCUT2D eigenvalue weighted by Gasteiger charge is 2.20. The molecule has 0 radical (unpaired) electrons. The molecule has 0 spiro atoms. The molecule has 4 heterocycles. The topological polar surface area (TPSA) is 37.2 Å². The molecule has 26 heavy (non-hydrogen) atoms. The lowest BCUT2D eigenvalue weighted by Gasteiger charge is -2.25. The predicted molar refractivity (Wildman–Crippen MR) is 107 cm³/mol. The van der Waals surface area contributed by atoms with Crippen LogP contribution in [0.1, 0.15) is 60.4 Å². The van der Waals surface area contributed by atoms with Gasteiger partial charge in [-0.3, -0.25) is 9.80 Å². The Kier molecular flexibility index (Phi) is 5.72. The normalized spacial score (nSPS) is 19.7. The number of hydrogen-bond acceptors (Lipinski definition) is 5. The Balaban J connectivity index is 1.33. The molecule has 2 aromatic rings. The molecule has 0 aromatic carbocycles. The lowest BCUT2D eigenvalue weighted by molar-refractivity contribution is 0.222. The minimum Gasteiger partial charge on any atom is -0.313 e. The summed E-state index contributed by atoms with van der Waals surface area (Å²) in [5.41, 5.74) is 0. The Hall–Kier alpha value is -1.24. The van der Waals surface area contributed by atoms with E-state index in [1.165, 1.54) is 42.1 Å². The van der Waals surface area contributed by atoms with Crippen molar-refractivity contribution in [2.24, 2.45) is 0 Å². The third-order valence-corrected chi connectivity index (χ3v) is 6.64. The Labute approximate surface area is 161 Å². The first-order valence-corrected chi connectivity index (χ1v) is 10.9. The average Bonchev–Trinajstić information content (AvgIpc) is 3.20. The Morgan fingerprint density at radius 3 is 2.27 bits per heavy atom. The number of likely N-dealkylation sites (tertiary alicyclic amines) is 1. The van der Waals surface area contributed by atoms with E-state index in [0.29, 0.717) is 5.92 Å². The summed E-state index contributed by atoms with van der Waals surface area (Å²) in [6.45, 7) is 12.4. The van der Waals surface area contributed by atoms with Gasteiger partial charge in [0, 0.05) is 54.8 Å². The van der Waals surface area contributed by atoms with Crippen LogP contribution in [0.5, 0.6) is 0 Å². The second kappa shape index (κ2) is 8.19. The van der Waals surface area contributed by atoms with E-state index in [9.17, 15) is 0 Å². The summed E-state index contributed by atoms with van der Waals surface area (Å²) in [5, 5.41) is 8.83. The molecule has 0 aliphatic carbocycles. The number of thiophene rings is 1. The zero-order valence-electron chi connectivity index (χ0n) is 16.2. The van der Waals surface area contributed by atoms with Crippen LogP contribution in [-0.4, -0.2) is 50.7 Å². The summed E-state index contributed by atoms with van der Waals surface area (Å²) < 4.78 is 2.35. The van der Waals surface area contributed by atoms with Gasteiger partial charge < -0.3 is 4.57 Å². The summed E-state index contributed by atoms with van der Waals surface area (Å²) in [4.78, 5) is 8.22. The standard InChI is InChI=1S/C20H31N5S/c1-16(2)20-22-21-19-8-11-24(12-13-25(19)20)15-18-7-6-17(26-18)14-23-9-4-3-5-10-23/h6-7,16H,3-5,8-15H2,1-2H3. The molecule has 6 heteroatoms. The molecule has 1 fully saturated rings. The van der Waals surface area contributed by atoms with Gasteiger partial charge >= 0.3 is 0 Å². The highest BCUT2D eigenvalue weighted by atomic mass is 32.1. The molecule has 0 saturated carbocycles. The number of hydrogen-bond donors (Lipinski definition) is 0. The molecule has 0 bridgehead atoms. The van der Waals surface area contributed by atoms with E-state index in [-0.39, 0.29) is 0 Å². The lowest BCUT2D eigenvalue weighted by Crippen LogP contribution is -2.28. The van der Waals surface area contributed by atoms with Crippen molar-refractivity contribution in [1.82, 2.24) is 24.6 Å². The highest BCUT2D eigenvalue weighted by molar-refractivity contribution is 7.11. The predicted octanol–water partition coefficient (Wildman–Crippen LogP) is 3.51. The molecule has 2 aliphatic heterocycles. The van der Waals surface area contributed by atoms with E-state index in [4.69, 9.17) is 0 Å². The van der Waals surface area contributed by atoms with Crippen LogP contribution in [0.3, 0.4) is 0 Å². The van der Waals surface area contributed by atoms with Gasteiger partial charge in [-0.25, -0.2) is 0 Å². The van der Waals surface area contributed by atoms with Crippen LogP contribution in [-0.2, 0) is 26.1 Å². The van der Waals surface area contributed by atoms with Crippen LogP contribution < -0.4 is 0 Å². The minimum absolute atomic E-state index is 0.442. The molecule has 1 saturated heterocycles. The maximum absolute atomic E-state index is 4.43. The van der Waals surface area contributed by atoms with Gasteiger partial charge in [0.15, 0.2) is 0 Å². The number of nitrogens with zero attached hydrogens (tertiary/aromatic N) is 5. The first-order chi connectivity index (χ1) is 12.7. The van der Waals surface area contributed by atoms with Gasteiger partial charge in [0.05, 0.1) is 0 Å². The van der Waals surface area contributed by atoms with Gasteiger partial charge in [0.25, 0.3) is 0 Å². The van der Waals surface area contributed by atoms with Gasteiger partial charge in [0.2, 0.25) is 0 Å². The van der Waals surface area contributed by atoms with Crippen molar-refractivity contribution < 1.29 is 0 Å². The molecule has 4 rings (SSSR count). The molecule has 142 valence electrons. The summed E-state index contributed by atoms with van der Waals surface area (Å²) in [6, 6.07) is 4.69. The number of rotatable bonds is 5. The molecule has 0 unspecified atom stereocenters. The van der Waals surface area contributed by atoms with Gasteiger partial charge in [-0.15, -0.1) is 21.5 Å². The van der Waals surface area contributed by atoms with Crippen LogP contribution in [0.4, 0.5) is 0 Å². The number of piperidine rings is 1. The minimum atomic E-state index is 0.442. The summed E-state index contributed by atoms with van der Waals surface area (Å²) in [7, 11) is 0. The monoisotopic (exact) mass is 373 g/mol. The third-order valence-electron chi connectivity index (χ3n) is 5.59. The molecule has 2 aliphatic rings. The highest BCUT2D eigenvalue weighted by Crippen LogP contribution is 2.23. The fraction of sp³-hybridized carbons (Fsp3) is 0.700. The zero-order valence-corrected chi connectivity index (χ0v) is 17.0. The van der Waals surface area contributed by atoms with Gasteiger partial charge in [0.1, 0.15) is 11.6 Å². The van der Waals surface area contributed by atoms with Crippen molar-refractivity contribution in [3.8, 4) is 0 Å².